The van der Waals surface area contributed by atoms with Crippen LogP contribution in [0.3, 0.4) is 0 Å². The number of sulfonamides is 1. The molecule has 1 unspecified atom stereocenters. The van der Waals surface area contributed by atoms with Crippen molar-refractivity contribution >= 4 is 21.8 Å². The molecule has 1 aromatic carbocycles. The number of rotatable bonds is 9. The van der Waals surface area contributed by atoms with Gasteiger partial charge >= 0.3 is 0 Å². The van der Waals surface area contributed by atoms with E-state index in [-0.39, 0.29) is 0 Å². The highest BCUT2D eigenvalue weighted by Gasteiger charge is 2.20. The third-order valence-corrected chi connectivity index (χ3v) is 5.82. The third kappa shape index (κ3) is 5.62. The summed E-state index contributed by atoms with van der Waals surface area (Å²) in [5.74, 6) is 1.28. The first kappa shape index (κ1) is 16.8. The van der Waals surface area contributed by atoms with Crippen molar-refractivity contribution in [2.45, 2.75) is 37.2 Å². The molecule has 1 atom stereocenters. The lowest BCUT2D eigenvalue weighted by molar-refractivity contribution is 0.562. The van der Waals surface area contributed by atoms with E-state index in [1.165, 1.54) is 12.8 Å². The highest BCUT2D eigenvalue weighted by molar-refractivity contribution is 7.98. The fourth-order valence-electron chi connectivity index (χ4n) is 2.01. The Morgan fingerprint density at radius 3 is 2.52 bits per heavy atom. The van der Waals surface area contributed by atoms with Crippen molar-refractivity contribution in [3.63, 3.8) is 0 Å². The van der Waals surface area contributed by atoms with E-state index < -0.39 is 10.0 Å². The van der Waals surface area contributed by atoms with Gasteiger partial charge in [-0.05, 0) is 48.5 Å². The van der Waals surface area contributed by atoms with Crippen LogP contribution in [0.4, 0.5) is 0 Å². The highest BCUT2D eigenvalue weighted by Crippen LogP contribution is 2.19. The van der Waals surface area contributed by atoms with Crippen molar-refractivity contribution in [3.05, 3.63) is 29.8 Å². The van der Waals surface area contributed by atoms with Crippen LogP contribution in [0, 0.1) is 5.92 Å². The second-order valence-corrected chi connectivity index (χ2v) is 8.39. The second-order valence-electron chi connectivity index (χ2n) is 5.71. The average Bonchev–Trinajstić information content (AvgIpc) is 3.28. The lowest BCUT2D eigenvalue weighted by atomic mass is 10.2. The Bertz CT molecular complexity index is 539. The molecular weight excluding hydrogens is 304 g/mol. The molecule has 1 aliphatic carbocycles. The Kier molecular flexibility index (Phi) is 6.10. The van der Waals surface area contributed by atoms with Crippen molar-refractivity contribution in [1.82, 2.24) is 10.0 Å². The van der Waals surface area contributed by atoms with Crippen molar-refractivity contribution in [2.75, 3.05) is 18.6 Å². The zero-order chi connectivity index (χ0) is 15.3. The van der Waals surface area contributed by atoms with Gasteiger partial charge in [0.05, 0.1) is 4.90 Å². The molecule has 2 N–H and O–H groups in total. The van der Waals surface area contributed by atoms with E-state index in [0.29, 0.717) is 23.4 Å². The summed E-state index contributed by atoms with van der Waals surface area (Å²) in [7, 11) is -3.39. The number of nitrogens with one attached hydrogen (secondary N) is 2. The summed E-state index contributed by atoms with van der Waals surface area (Å²) in [6.45, 7) is 3.34. The zero-order valence-corrected chi connectivity index (χ0v) is 14.3. The molecule has 0 aromatic heterocycles. The van der Waals surface area contributed by atoms with Gasteiger partial charge in [-0.25, -0.2) is 13.1 Å². The van der Waals surface area contributed by atoms with E-state index >= 15 is 0 Å². The van der Waals surface area contributed by atoms with Gasteiger partial charge in [0.25, 0.3) is 0 Å². The topological polar surface area (TPSA) is 58.2 Å². The molecule has 1 saturated carbocycles. The summed E-state index contributed by atoms with van der Waals surface area (Å²) in [6, 6.07) is 7.80. The molecule has 1 fully saturated rings. The first-order chi connectivity index (χ1) is 10.0. The molecule has 21 heavy (non-hydrogen) atoms. The van der Waals surface area contributed by atoms with E-state index in [9.17, 15) is 8.42 Å². The smallest absolute Gasteiger partial charge is 0.240 e. The van der Waals surface area contributed by atoms with Crippen LogP contribution >= 0.6 is 11.8 Å². The van der Waals surface area contributed by atoms with Crippen LogP contribution in [0.1, 0.15) is 25.3 Å². The summed E-state index contributed by atoms with van der Waals surface area (Å²) in [5, 5.41) is 3.42. The summed E-state index contributed by atoms with van der Waals surface area (Å²) >= 11 is 1.73. The highest BCUT2D eigenvalue weighted by atomic mass is 32.2. The summed E-state index contributed by atoms with van der Waals surface area (Å²) < 4.78 is 27.1. The minimum Gasteiger partial charge on any atom is -0.310 e. The Morgan fingerprint density at radius 2 is 1.95 bits per heavy atom. The molecule has 0 amide bonds. The number of hydrogen-bond acceptors (Lipinski definition) is 4. The molecule has 0 radical (unpaired) electrons. The molecule has 1 aromatic rings. The molecule has 118 valence electrons. The minimum absolute atomic E-state index is 0.330. The maximum atomic E-state index is 12.2. The van der Waals surface area contributed by atoms with Crippen molar-refractivity contribution in [3.8, 4) is 0 Å². The Labute approximate surface area is 132 Å². The van der Waals surface area contributed by atoms with Crippen LogP contribution in [0.2, 0.25) is 0 Å². The third-order valence-electron chi connectivity index (χ3n) is 3.48. The normalized spacial score (nSPS) is 16.9. The monoisotopic (exact) mass is 328 g/mol. The SMILES string of the molecule is CSCC(C)CNS(=O)(=O)c1ccc(CNC2CC2)cc1. The van der Waals surface area contributed by atoms with Gasteiger partial charge in [-0.1, -0.05) is 19.1 Å². The Hall–Kier alpha value is -0.560. The van der Waals surface area contributed by atoms with Gasteiger partial charge in [0.2, 0.25) is 10.0 Å². The average molecular weight is 329 g/mol. The number of thioether (sulfide) groups is 1. The van der Waals surface area contributed by atoms with Crippen LogP contribution < -0.4 is 10.0 Å². The molecule has 1 aliphatic rings. The van der Waals surface area contributed by atoms with Gasteiger partial charge in [0.15, 0.2) is 0 Å². The lowest BCUT2D eigenvalue weighted by Crippen LogP contribution is -2.29. The molecule has 0 bridgehead atoms. The van der Waals surface area contributed by atoms with E-state index in [2.05, 4.69) is 10.0 Å². The fourth-order valence-corrected chi connectivity index (χ4v) is 3.87. The van der Waals surface area contributed by atoms with Gasteiger partial charge in [-0.2, -0.15) is 11.8 Å². The molecule has 0 heterocycles. The van der Waals surface area contributed by atoms with Gasteiger partial charge < -0.3 is 5.32 Å². The molecule has 2 rings (SSSR count). The van der Waals surface area contributed by atoms with E-state index in [4.69, 9.17) is 0 Å². The van der Waals surface area contributed by atoms with Gasteiger partial charge in [0.1, 0.15) is 0 Å². The van der Waals surface area contributed by atoms with E-state index in [0.717, 1.165) is 17.9 Å². The molecule has 0 spiro atoms. The molecule has 0 aliphatic heterocycles. The first-order valence-electron chi connectivity index (χ1n) is 7.32. The predicted molar refractivity (Wildman–Crippen MR) is 89.0 cm³/mol. The zero-order valence-electron chi connectivity index (χ0n) is 12.6. The van der Waals surface area contributed by atoms with Crippen LogP contribution in [-0.4, -0.2) is 33.0 Å². The van der Waals surface area contributed by atoms with Crippen molar-refractivity contribution < 1.29 is 8.42 Å². The van der Waals surface area contributed by atoms with E-state index in [1.807, 2.05) is 25.3 Å². The standard InChI is InChI=1S/C15H24N2O2S2/c1-12(11-20-2)9-17-21(18,19)15-7-3-13(4-8-15)10-16-14-5-6-14/h3-4,7-8,12,14,16-17H,5-6,9-11H2,1-2H3. The molecule has 0 saturated heterocycles. The minimum atomic E-state index is -3.39. The molecular formula is C15H24N2O2S2. The van der Waals surface area contributed by atoms with Crippen molar-refractivity contribution in [2.24, 2.45) is 5.92 Å². The predicted octanol–water partition coefficient (Wildman–Crippen LogP) is 2.22. The van der Waals surface area contributed by atoms with Gasteiger partial charge in [-0.15, -0.1) is 0 Å². The van der Waals surface area contributed by atoms with E-state index in [1.54, 1.807) is 23.9 Å². The molecule has 4 nitrogen and oxygen atoms in total. The van der Waals surface area contributed by atoms with Gasteiger partial charge in [0, 0.05) is 19.1 Å². The Morgan fingerprint density at radius 1 is 1.29 bits per heavy atom. The summed E-state index contributed by atoms with van der Waals surface area (Å²) in [5.41, 5.74) is 1.12. The quantitative estimate of drug-likeness (QED) is 0.730. The van der Waals surface area contributed by atoms with Gasteiger partial charge in [-0.3, -0.25) is 0 Å². The van der Waals surface area contributed by atoms with Crippen LogP contribution in [0.15, 0.2) is 29.2 Å². The van der Waals surface area contributed by atoms with Crippen LogP contribution in [0.25, 0.3) is 0 Å². The summed E-state index contributed by atoms with van der Waals surface area (Å²) in [6.07, 6.45) is 4.54. The van der Waals surface area contributed by atoms with Crippen LogP contribution in [0.5, 0.6) is 0 Å². The maximum absolute atomic E-state index is 12.2. The van der Waals surface area contributed by atoms with Crippen molar-refractivity contribution in [1.29, 1.82) is 0 Å². The largest absolute Gasteiger partial charge is 0.310 e. The Balaban J connectivity index is 1.89. The number of benzene rings is 1. The first-order valence-corrected chi connectivity index (χ1v) is 10.2. The lowest BCUT2D eigenvalue weighted by Gasteiger charge is -2.12. The second kappa shape index (κ2) is 7.63. The maximum Gasteiger partial charge on any atom is 0.240 e. The number of hydrogen-bond donors (Lipinski definition) is 2. The summed E-state index contributed by atoms with van der Waals surface area (Å²) in [4.78, 5) is 0.342. The van der Waals surface area contributed by atoms with Crippen LogP contribution in [-0.2, 0) is 16.6 Å². The fraction of sp³-hybridized carbons (Fsp3) is 0.600. The molecule has 6 heteroatoms.